The number of hydrogen-bond acceptors (Lipinski definition) is 4. The number of nitrogens with one attached hydrogen (secondary N) is 1. The highest BCUT2D eigenvalue weighted by Crippen LogP contribution is 2.20. The van der Waals surface area contributed by atoms with E-state index in [-0.39, 0.29) is 10.8 Å². The standard InChI is InChI=1S/C12H11NO3S.C7H16/c1-7(11(14)13-2)5-8-3-4-9-10(6-8)17-12(15)16-9;1-3-5-7-6-4-2/h3-6H,1-2H3,(H,13,14);3-7H2,1-2H3/b7-5+;. The lowest BCUT2D eigenvalue weighted by Crippen LogP contribution is -2.18. The van der Waals surface area contributed by atoms with E-state index in [1.807, 2.05) is 12.1 Å². The van der Waals surface area contributed by atoms with Crippen LogP contribution in [0.25, 0.3) is 16.4 Å². The molecule has 0 aliphatic rings. The first-order valence-corrected chi connectivity index (χ1v) is 9.27. The second-order valence-corrected chi connectivity index (χ2v) is 6.60. The topological polar surface area (TPSA) is 59.3 Å². The van der Waals surface area contributed by atoms with Gasteiger partial charge in [0.25, 0.3) is 0 Å². The molecule has 0 spiro atoms. The van der Waals surface area contributed by atoms with Crippen LogP contribution in [0.3, 0.4) is 0 Å². The number of carbonyl (C=O) groups is 1. The Labute approximate surface area is 147 Å². The Hall–Kier alpha value is -1.88. The molecule has 1 heterocycles. The highest BCUT2D eigenvalue weighted by atomic mass is 32.1. The highest BCUT2D eigenvalue weighted by Gasteiger charge is 2.04. The van der Waals surface area contributed by atoms with Crippen molar-refractivity contribution in [3.63, 3.8) is 0 Å². The van der Waals surface area contributed by atoms with Crippen molar-refractivity contribution in [2.75, 3.05) is 7.05 Å². The van der Waals surface area contributed by atoms with Crippen molar-refractivity contribution in [3.05, 3.63) is 39.1 Å². The van der Waals surface area contributed by atoms with Crippen molar-refractivity contribution in [2.24, 2.45) is 0 Å². The van der Waals surface area contributed by atoms with E-state index in [4.69, 9.17) is 4.42 Å². The predicted octanol–water partition coefficient (Wildman–Crippen LogP) is 4.98. The summed E-state index contributed by atoms with van der Waals surface area (Å²) in [5.74, 6) is -0.120. The van der Waals surface area contributed by atoms with E-state index in [1.165, 1.54) is 32.1 Å². The molecule has 0 atom stereocenters. The van der Waals surface area contributed by atoms with Crippen LogP contribution in [0, 0.1) is 0 Å². The monoisotopic (exact) mass is 349 g/mol. The van der Waals surface area contributed by atoms with E-state index in [2.05, 4.69) is 19.2 Å². The molecule has 1 N–H and O–H groups in total. The van der Waals surface area contributed by atoms with Crippen LogP contribution in [0.15, 0.2) is 33.0 Å². The average molecular weight is 349 g/mol. The summed E-state index contributed by atoms with van der Waals surface area (Å²) in [6, 6.07) is 5.37. The molecule has 1 amide bonds. The Morgan fingerprint density at radius 1 is 1.21 bits per heavy atom. The summed E-state index contributed by atoms with van der Waals surface area (Å²) in [6.45, 7) is 6.23. The van der Waals surface area contributed by atoms with Crippen LogP contribution in [0.5, 0.6) is 0 Å². The summed E-state index contributed by atoms with van der Waals surface area (Å²) in [5, 5.41) is 2.55. The summed E-state index contributed by atoms with van der Waals surface area (Å²) in [7, 11) is 1.59. The van der Waals surface area contributed by atoms with Gasteiger partial charge in [-0.15, -0.1) is 0 Å². The van der Waals surface area contributed by atoms with Crippen LogP contribution in [-0.2, 0) is 4.79 Å². The van der Waals surface area contributed by atoms with Gasteiger partial charge >= 0.3 is 4.94 Å². The minimum Gasteiger partial charge on any atom is -0.414 e. The molecule has 5 heteroatoms. The van der Waals surface area contributed by atoms with Gasteiger partial charge in [0, 0.05) is 12.6 Å². The molecule has 0 radical (unpaired) electrons. The van der Waals surface area contributed by atoms with E-state index in [0.29, 0.717) is 11.2 Å². The Morgan fingerprint density at radius 3 is 2.46 bits per heavy atom. The number of fused-ring (bicyclic) bond motifs is 1. The molecule has 1 aromatic heterocycles. The Morgan fingerprint density at radius 2 is 1.88 bits per heavy atom. The van der Waals surface area contributed by atoms with Gasteiger partial charge in [-0.3, -0.25) is 4.79 Å². The molecule has 0 aliphatic carbocycles. The summed E-state index contributed by atoms with van der Waals surface area (Å²) >= 11 is 1.06. The van der Waals surface area contributed by atoms with Gasteiger partial charge in [0.15, 0.2) is 0 Å². The van der Waals surface area contributed by atoms with Crippen molar-refractivity contribution in [1.29, 1.82) is 0 Å². The molecule has 24 heavy (non-hydrogen) atoms. The van der Waals surface area contributed by atoms with Gasteiger partial charge in [-0.1, -0.05) is 63.4 Å². The lowest BCUT2D eigenvalue weighted by molar-refractivity contribution is -0.116. The lowest BCUT2D eigenvalue weighted by Gasteiger charge is -1.99. The molecule has 0 saturated carbocycles. The van der Waals surface area contributed by atoms with Crippen LogP contribution in [0.4, 0.5) is 0 Å². The number of unbranched alkanes of at least 4 members (excludes halogenated alkanes) is 4. The van der Waals surface area contributed by atoms with Gasteiger partial charge in [0.05, 0.1) is 4.70 Å². The fourth-order valence-corrected chi connectivity index (χ4v) is 2.88. The molecule has 132 valence electrons. The third-order valence-corrected chi connectivity index (χ3v) is 4.32. The van der Waals surface area contributed by atoms with Crippen LogP contribution < -0.4 is 10.3 Å². The number of carbonyl (C=O) groups excluding carboxylic acids is 1. The third kappa shape index (κ3) is 6.71. The second kappa shape index (κ2) is 10.8. The number of benzene rings is 1. The van der Waals surface area contributed by atoms with E-state index in [1.54, 1.807) is 26.1 Å². The minimum atomic E-state index is -0.316. The predicted molar refractivity (Wildman–Crippen MR) is 103 cm³/mol. The Balaban J connectivity index is 0.000000351. The summed E-state index contributed by atoms with van der Waals surface area (Å²) in [5.41, 5.74) is 2.06. The van der Waals surface area contributed by atoms with E-state index >= 15 is 0 Å². The first kappa shape index (κ1) is 20.2. The Bertz CT molecular complexity index is 724. The molecule has 0 fully saturated rings. The quantitative estimate of drug-likeness (QED) is 0.591. The molecule has 1 aromatic carbocycles. The van der Waals surface area contributed by atoms with Gasteiger partial charge in [0.2, 0.25) is 5.91 Å². The van der Waals surface area contributed by atoms with Crippen molar-refractivity contribution in [1.82, 2.24) is 5.32 Å². The molecule has 2 aromatic rings. The molecule has 2 rings (SSSR count). The molecular formula is C19H27NO3S. The van der Waals surface area contributed by atoms with E-state index < -0.39 is 0 Å². The smallest absolute Gasteiger partial charge is 0.396 e. The van der Waals surface area contributed by atoms with E-state index in [9.17, 15) is 9.59 Å². The first-order valence-electron chi connectivity index (χ1n) is 8.45. The molecule has 0 aliphatic heterocycles. The van der Waals surface area contributed by atoms with Crippen LogP contribution in [0.2, 0.25) is 0 Å². The zero-order valence-corrected chi connectivity index (χ0v) is 15.8. The van der Waals surface area contributed by atoms with Crippen molar-refractivity contribution in [3.8, 4) is 0 Å². The third-order valence-electron chi connectivity index (χ3n) is 3.53. The average Bonchev–Trinajstić information content (AvgIpc) is 2.94. The fraction of sp³-hybridized carbons (Fsp3) is 0.474. The van der Waals surface area contributed by atoms with Gasteiger partial charge in [0.1, 0.15) is 5.58 Å². The van der Waals surface area contributed by atoms with Gasteiger partial charge in [-0.25, -0.2) is 4.79 Å². The second-order valence-electron chi connectivity index (χ2n) is 5.63. The molecule has 0 saturated heterocycles. The zero-order valence-electron chi connectivity index (χ0n) is 15.0. The number of rotatable bonds is 6. The lowest BCUT2D eigenvalue weighted by atomic mass is 10.1. The van der Waals surface area contributed by atoms with Crippen molar-refractivity contribution >= 4 is 33.6 Å². The molecule has 4 nitrogen and oxygen atoms in total. The SMILES string of the molecule is CCCCCCC.CNC(=O)/C(C)=C/c1ccc2oc(=O)sc2c1. The van der Waals surface area contributed by atoms with E-state index in [0.717, 1.165) is 21.6 Å². The highest BCUT2D eigenvalue weighted by molar-refractivity contribution is 7.16. The first-order chi connectivity index (χ1) is 11.5. The summed E-state index contributed by atoms with van der Waals surface area (Å²) in [6.07, 6.45) is 8.77. The number of hydrogen-bond donors (Lipinski definition) is 1. The van der Waals surface area contributed by atoms with Gasteiger partial charge < -0.3 is 9.73 Å². The maximum absolute atomic E-state index is 11.3. The Kier molecular flexibility index (Phi) is 9.08. The maximum atomic E-state index is 11.3. The number of amides is 1. The van der Waals surface area contributed by atoms with Crippen LogP contribution in [-0.4, -0.2) is 13.0 Å². The summed E-state index contributed by atoms with van der Waals surface area (Å²) in [4.78, 5) is 22.1. The van der Waals surface area contributed by atoms with Gasteiger partial charge in [-0.05, 0) is 30.7 Å². The maximum Gasteiger partial charge on any atom is 0.396 e. The summed E-state index contributed by atoms with van der Waals surface area (Å²) < 4.78 is 5.75. The number of likely N-dealkylation sites (N-methyl/N-ethyl adjacent to an activating group) is 1. The van der Waals surface area contributed by atoms with Crippen LogP contribution >= 0.6 is 11.3 Å². The van der Waals surface area contributed by atoms with Gasteiger partial charge in [-0.2, -0.15) is 0 Å². The zero-order chi connectivity index (χ0) is 17.9. The van der Waals surface area contributed by atoms with Crippen LogP contribution in [0.1, 0.15) is 58.4 Å². The fourth-order valence-electron chi connectivity index (χ4n) is 2.17. The molecule has 0 bridgehead atoms. The molecular weight excluding hydrogens is 322 g/mol. The van der Waals surface area contributed by atoms with Crippen molar-refractivity contribution in [2.45, 2.75) is 52.9 Å². The minimum absolute atomic E-state index is 0.120. The molecule has 0 unspecified atom stereocenters. The largest absolute Gasteiger partial charge is 0.414 e. The normalized spacial score (nSPS) is 11.1. The van der Waals surface area contributed by atoms with Crippen molar-refractivity contribution < 1.29 is 9.21 Å².